The number of rotatable bonds is 5. The molecule has 0 saturated heterocycles. The summed E-state index contributed by atoms with van der Waals surface area (Å²) in [5.74, 6) is 0.106. The van der Waals surface area contributed by atoms with Crippen LogP contribution in [0.4, 0.5) is 27.5 Å². The summed E-state index contributed by atoms with van der Waals surface area (Å²) in [5.41, 5.74) is 3.88. The van der Waals surface area contributed by atoms with Crippen LogP contribution in [-0.4, -0.2) is 48.1 Å². The summed E-state index contributed by atoms with van der Waals surface area (Å²) < 4.78 is 19.8. The molecule has 0 spiro atoms. The van der Waals surface area contributed by atoms with Gasteiger partial charge >= 0.3 is 5.97 Å². The minimum Gasteiger partial charge on any atom is -0.469 e. The highest BCUT2D eigenvalue weighted by Gasteiger charge is 2.42. The van der Waals surface area contributed by atoms with E-state index in [-0.39, 0.29) is 24.2 Å². The summed E-state index contributed by atoms with van der Waals surface area (Å²) in [6, 6.07) is 11.3. The molecular formula is C26H27ClFN5O2. The zero-order chi connectivity index (χ0) is 24.7. The fourth-order valence-corrected chi connectivity index (χ4v) is 5.21. The lowest BCUT2D eigenvalue weighted by molar-refractivity contribution is -0.141. The van der Waals surface area contributed by atoms with Crippen LogP contribution in [0.5, 0.6) is 0 Å². The summed E-state index contributed by atoms with van der Waals surface area (Å²) in [4.78, 5) is 25.3. The molecule has 2 aliphatic rings. The van der Waals surface area contributed by atoms with Crippen LogP contribution in [0.2, 0.25) is 5.02 Å². The maximum absolute atomic E-state index is 14.9. The Morgan fingerprint density at radius 3 is 2.89 bits per heavy atom. The van der Waals surface area contributed by atoms with Gasteiger partial charge in [0, 0.05) is 30.7 Å². The van der Waals surface area contributed by atoms with Gasteiger partial charge in [-0.05, 0) is 48.4 Å². The average molecular weight is 496 g/mol. The van der Waals surface area contributed by atoms with Gasteiger partial charge in [0.2, 0.25) is 5.95 Å². The van der Waals surface area contributed by atoms with Crippen molar-refractivity contribution in [2.24, 2.45) is 0 Å². The predicted octanol–water partition coefficient (Wildman–Crippen LogP) is 4.97. The number of fused-ring (bicyclic) bond motifs is 2. The predicted molar refractivity (Wildman–Crippen MR) is 134 cm³/mol. The molecule has 1 atom stereocenters. The number of nitrogens with one attached hydrogen (secondary N) is 1. The molecule has 0 unspecified atom stereocenters. The van der Waals surface area contributed by atoms with Crippen molar-refractivity contribution in [1.82, 2.24) is 14.9 Å². The minimum atomic E-state index is -0.484. The first-order valence-corrected chi connectivity index (χ1v) is 11.9. The minimum absolute atomic E-state index is 0.222. The topological polar surface area (TPSA) is 70.6 Å². The molecule has 3 heterocycles. The standard InChI is InChI=1S/C26H27ClFN5O2/c1-26(12-23(34)35-3)15-33(22-7-5-4-6-18(22)26)24-19(27)13-29-25(31-24)30-21-11-17-14-32(2)9-8-16(17)10-20(21)28/h4-7,10-11,13H,8-9,12,14-15H2,1-3H3,(H,29,30,31)/t26-/m0/s1. The maximum Gasteiger partial charge on any atom is 0.306 e. The summed E-state index contributed by atoms with van der Waals surface area (Å²) in [7, 11) is 3.44. The van der Waals surface area contributed by atoms with E-state index in [1.165, 1.54) is 13.3 Å². The zero-order valence-electron chi connectivity index (χ0n) is 19.9. The molecule has 5 rings (SSSR count). The van der Waals surface area contributed by atoms with Gasteiger partial charge in [-0.1, -0.05) is 36.7 Å². The second-order valence-corrected chi connectivity index (χ2v) is 9.90. The van der Waals surface area contributed by atoms with Crippen molar-refractivity contribution in [2.45, 2.75) is 31.7 Å². The molecule has 0 amide bonds. The molecule has 7 nitrogen and oxygen atoms in total. The largest absolute Gasteiger partial charge is 0.469 e. The number of ether oxygens (including phenoxy) is 1. The molecule has 0 saturated carbocycles. The number of carbonyl (C=O) groups is 1. The quantitative estimate of drug-likeness (QED) is 0.501. The van der Waals surface area contributed by atoms with Gasteiger partial charge in [-0.2, -0.15) is 4.98 Å². The Bertz CT molecular complexity index is 1300. The Kier molecular flexibility index (Phi) is 6.11. The highest BCUT2D eigenvalue weighted by atomic mass is 35.5. The summed E-state index contributed by atoms with van der Waals surface area (Å²) in [6.07, 6.45) is 2.55. The Hall–Kier alpha value is -3.23. The van der Waals surface area contributed by atoms with E-state index in [2.05, 4.69) is 27.2 Å². The van der Waals surface area contributed by atoms with E-state index in [1.807, 2.05) is 42.2 Å². The molecule has 9 heteroatoms. The summed E-state index contributed by atoms with van der Waals surface area (Å²) >= 11 is 6.55. The van der Waals surface area contributed by atoms with E-state index in [1.54, 1.807) is 6.07 Å². The van der Waals surface area contributed by atoms with Crippen molar-refractivity contribution in [1.29, 1.82) is 0 Å². The normalized spacial score (nSPS) is 19.3. The number of hydrogen-bond acceptors (Lipinski definition) is 7. The van der Waals surface area contributed by atoms with Gasteiger partial charge in [-0.25, -0.2) is 9.37 Å². The van der Waals surface area contributed by atoms with Gasteiger partial charge in [-0.3, -0.25) is 4.79 Å². The van der Waals surface area contributed by atoms with Crippen molar-refractivity contribution in [3.63, 3.8) is 0 Å². The van der Waals surface area contributed by atoms with Gasteiger partial charge in [-0.15, -0.1) is 0 Å². The highest BCUT2D eigenvalue weighted by Crippen LogP contribution is 2.47. The van der Waals surface area contributed by atoms with Gasteiger partial charge in [0.15, 0.2) is 5.82 Å². The first-order chi connectivity index (χ1) is 16.8. The van der Waals surface area contributed by atoms with Gasteiger partial charge in [0.05, 0.1) is 25.4 Å². The monoisotopic (exact) mass is 495 g/mol. The molecule has 3 aromatic rings. The van der Waals surface area contributed by atoms with Crippen LogP contribution >= 0.6 is 11.6 Å². The number of esters is 1. The molecule has 2 aromatic carbocycles. The average Bonchev–Trinajstić information content (AvgIpc) is 3.13. The second kappa shape index (κ2) is 9.09. The van der Waals surface area contributed by atoms with Crippen molar-refractivity contribution < 1.29 is 13.9 Å². The highest BCUT2D eigenvalue weighted by molar-refractivity contribution is 6.33. The van der Waals surface area contributed by atoms with Gasteiger partial charge < -0.3 is 19.9 Å². The molecule has 2 aliphatic heterocycles. The molecule has 1 N–H and O–H groups in total. The molecule has 0 fully saturated rings. The Morgan fingerprint density at radius 2 is 2.09 bits per heavy atom. The number of halogens is 2. The number of carbonyl (C=O) groups excluding carboxylic acids is 1. The Labute approximate surface area is 208 Å². The van der Waals surface area contributed by atoms with Crippen molar-refractivity contribution >= 4 is 40.7 Å². The van der Waals surface area contributed by atoms with Crippen LogP contribution < -0.4 is 10.2 Å². The molecule has 35 heavy (non-hydrogen) atoms. The van der Waals surface area contributed by atoms with Crippen molar-refractivity contribution in [3.05, 3.63) is 70.1 Å². The molecule has 1 aromatic heterocycles. The third kappa shape index (κ3) is 4.44. The lowest BCUT2D eigenvalue weighted by Gasteiger charge is -2.26. The lowest BCUT2D eigenvalue weighted by atomic mass is 9.81. The zero-order valence-corrected chi connectivity index (χ0v) is 20.7. The number of methoxy groups -OCH3 is 1. The van der Waals surface area contributed by atoms with Crippen LogP contribution in [0.25, 0.3) is 0 Å². The molecule has 182 valence electrons. The third-order valence-electron chi connectivity index (χ3n) is 6.83. The van der Waals surface area contributed by atoms with Gasteiger partial charge in [0.25, 0.3) is 0 Å². The number of nitrogens with zero attached hydrogens (tertiary/aromatic N) is 4. The van der Waals surface area contributed by atoms with E-state index in [0.29, 0.717) is 23.1 Å². The molecule has 0 bridgehead atoms. The number of para-hydroxylation sites is 1. The lowest BCUT2D eigenvalue weighted by Crippen LogP contribution is -2.32. The van der Waals surface area contributed by atoms with Gasteiger partial charge in [0.1, 0.15) is 10.8 Å². The first-order valence-electron chi connectivity index (χ1n) is 11.5. The van der Waals surface area contributed by atoms with Crippen LogP contribution in [0.1, 0.15) is 30.0 Å². The summed E-state index contributed by atoms with van der Waals surface area (Å²) in [5, 5.41) is 3.40. The Morgan fingerprint density at radius 1 is 1.29 bits per heavy atom. The van der Waals surface area contributed by atoms with Crippen LogP contribution in [0.15, 0.2) is 42.6 Å². The SMILES string of the molecule is COC(=O)C[C@@]1(C)CN(c2nc(Nc3cc4c(cc3F)CCN(C)C4)ncc2Cl)c2ccccc21. The van der Waals surface area contributed by atoms with E-state index < -0.39 is 5.41 Å². The third-order valence-corrected chi connectivity index (χ3v) is 7.10. The number of benzene rings is 2. The van der Waals surface area contributed by atoms with Crippen molar-refractivity contribution in [3.8, 4) is 0 Å². The molecule has 0 radical (unpaired) electrons. The van der Waals surface area contributed by atoms with Crippen LogP contribution in [0.3, 0.4) is 0 Å². The second-order valence-electron chi connectivity index (χ2n) is 9.50. The van der Waals surface area contributed by atoms with Crippen LogP contribution in [0, 0.1) is 5.82 Å². The van der Waals surface area contributed by atoms with E-state index in [4.69, 9.17) is 16.3 Å². The smallest absolute Gasteiger partial charge is 0.306 e. The van der Waals surface area contributed by atoms with Crippen LogP contribution in [-0.2, 0) is 27.9 Å². The fraction of sp³-hybridized carbons (Fsp3) is 0.346. The first kappa shape index (κ1) is 23.5. The van der Waals surface area contributed by atoms with E-state index in [0.717, 1.165) is 41.9 Å². The number of likely N-dealkylation sites (N-methyl/N-ethyl adjacent to an activating group) is 1. The number of anilines is 4. The van der Waals surface area contributed by atoms with E-state index >= 15 is 0 Å². The number of hydrogen-bond donors (Lipinski definition) is 1. The fourth-order valence-electron chi connectivity index (χ4n) is 5.01. The van der Waals surface area contributed by atoms with Crippen molar-refractivity contribution in [2.75, 3.05) is 37.5 Å². The number of aromatic nitrogens is 2. The molecular weight excluding hydrogens is 469 g/mol. The Balaban J connectivity index is 1.48. The maximum atomic E-state index is 14.9. The summed E-state index contributed by atoms with van der Waals surface area (Å²) in [6.45, 7) is 4.18. The molecule has 0 aliphatic carbocycles. The van der Waals surface area contributed by atoms with E-state index in [9.17, 15) is 9.18 Å².